The third-order valence-electron chi connectivity index (χ3n) is 2.93. The van der Waals surface area contributed by atoms with Gasteiger partial charge in [0.25, 0.3) is 0 Å². The number of hydrogen-bond donors (Lipinski definition) is 2. The molecule has 0 aliphatic heterocycles. The summed E-state index contributed by atoms with van der Waals surface area (Å²) in [5, 5.41) is 3.45. The maximum atomic E-state index is 5.61. The largest absolute Gasteiger partial charge is 0.495 e. The molecule has 1 aromatic rings. The fraction of sp³-hybridized carbons (Fsp3) is 0.571. The SMILES string of the molecule is COc1ccc(C)cc1NCC(C)(C)CCN. The van der Waals surface area contributed by atoms with Gasteiger partial charge in [0.1, 0.15) is 5.75 Å². The first-order valence-electron chi connectivity index (χ1n) is 6.07. The summed E-state index contributed by atoms with van der Waals surface area (Å²) in [7, 11) is 1.70. The summed E-state index contributed by atoms with van der Waals surface area (Å²) < 4.78 is 5.34. The Bertz CT molecular complexity index is 361. The summed E-state index contributed by atoms with van der Waals surface area (Å²) in [4.78, 5) is 0. The summed E-state index contributed by atoms with van der Waals surface area (Å²) in [5.74, 6) is 0.888. The van der Waals surface area contributed by atoms with E-state index < -0.39 is 0 Å². The molecule has 0 fully saturated rings. The van der Waals surface area contributed by atoms with Gasteiger partial charge < -0.3 is 15.8 Å². The lowest BCUT2D eigenvalue weighted by Gasteiger charge is -2.25. The molecule has 3 N–H and O–H groups in total. The van der Waals surface area contributed by atoms with Gasteiger partial charge in [-0.15, -0.1) is 0 Å². The zero-order valence-electron chi connectivity index (χ0n) is 11.3. The highest BCUT2D eigenvalue weighted by molar-refractivity contribution is 5.58. The van der Waals surface area contributed by atoms with Crippen molar-refractivity contribution in [2.45, 2.75) is 27.2 Å². The first-order chi connectivity index (χ1) is 7.98. The third kappa shape index (κ3) is 4.27. The van der Waals surface area contributed by atoms with E-state index in [4.69, 9.17) is 10.5 Å². The molecule has 1 rings (SSSR count). The van der Waals surface area contributed by atoms with Crippen LogP contribution in [0.1, 0.15) is 25.8 Å². The van der Waals surface area contributed by atoms with Crippen molar-refractivity contribution in [2.24, 2.45) is 11.1 Å². The molecular formula is C14H24N2O. The van der Waals surface area contributed by atoms with Crippen LogP contribution in [0.25, 0.3) is 0 Å². The summed E-state index contributed by atoms with van der Waals surface area (Å²) in [6.07, 6.45) is 1.01. The molecule has 96 valence electrons. The number of nitrogens with two attached hydrogens (primary N) is 1. The maximum absolute atomic E-state index is 5.61. The van der Waals surface area contributed by atoms with Crippen LogP contribution in [0.4, 0.5) is 5.69 Å². The molecule has 0 radical (unpaired) electrons. The summed E-state index contributed by atoms with van der Waals surface area (Å²) in [6, 6.07) is 6.15. The maximum Gasteiger partial charge on any atom is 0.141 e. The van der Waals surface area contributed by atoms with Crippen LogP contribution in [-0.4, -0.2) is 20.2 Å². The van der Waals surface area contributed by atoms with Crippen molar-refractivity contribution in [3.05, 3.63) is 23.8 Å². The molecule has 0 aromatic heterocycles. The molecule has 0 unspecified atom stereocenters. The quantitative estimate of drug-likeness (QED) is 0.798. The Morgan fingerprint density at radius 1 is 1.35 bits per heavy atom. The van der Waals surface area contributed by atoms with E-state index in [-0.39, 0.29) is 5.41 Å². The van der Waals surface area contributed by atoms with E-state index >= 15 is 0 Å². The monoisotopic (exact) mass is 236 g/mol. The average Bonchev–Trinajstić information content (AvgIpc) is 2.27. The topological polar surface area (TPSA) is 47.3 Å². The van der Waals surface area contributed by atoms with Crippen molar-refractivity contribution >= 4 is 5.69 Å². The van der Waals surface area contributed by atoms with Crippen molar-refractivity contribution in [2.75, 3.05) is 25.5 Å². The predicted molar refractivity (Wildman–Crippen MR) is 73.7 cm³/mol. The second kappa shape index (κ2) is 5.92. The molecule has 1 aromatic carbocycles. The van der Waals surface area contributed by atoms with Gasteiger partial charge in [-0.3, -0.25) is 0 Å². The lowest BCUT2D eigenvalue weighted by atomic mass is 9.89. The lowest BCUT2D eigenvalue weighted by molar-refractivity contribution is 0.363. The van der Waals surface area contributed by atoms with Gasteiger partial charge in [-0.1, -0.05) is 19.9 Å². The van der Waals surface area contributed by atoms with Crippen molar-refractivity contribution < 1.29 is 4.74 Å². The van der Waals surface area contributed by atoms with Gasteiger partial charge >= 0.3 is 0 Å². The summed E-state index contributed by atoms with van der Waals surface area (Å²) in [5.41, 5.74) is 8.09. The second-order valence-electron chi connectivity index (χ2n) is 5.26. The van der Waals surface area contributed by atoms with Gasteiger partial charge in [0.2, 0.25) is 0 Å². The Kier molecular flexibility index (Phi) is 4.82. The smallest absolute Gasteiger partial charge is 0.141 e. The Balaban J connectivity index is 2.71. The molecule has 0 atom stereocenters. The van der Waals surface area contributed by atoms with Crippen LogP contribution >= 0.6 is 0 Å². The molecule has 17 heavy (non-hydrogen) atoms. The van der Waals surface area contributed by atoms with E-state index in [9.17, 15) is 0 Å². The summed E-state index contributed by atoms with van der Waals surface area (Å²) >= 11 is 0. The molecule has 0 aliphatic rings. The minimum Gasteiger partial charge on any atom is -0.495 e. The number of nitrogens with one attached hydrogen (secondary N) is 1. The zero-order chi connectivity index (χ0) is 12.9. The van der Waals surface area contributed by atoms with Crippen LogP contribution in [0, 0.1) is 12.3 Å². The van der Waals surface area contributed by atoms with Crippen LogP contribution in [0.2, 0.25) is 0 Å². The molecule has 3 nitrogen and oxygen atoms in total. The van der Waals surface area contributed by atoms with E-state index in [1.807, 2.05) is 6.07 Å². The molecule has 0 saturated carbocycles. The summed E-state index contributed by atoms with van der Waals surface area (Å²) in [6.45, 7) is 8.13. The number of rotatable bonds is 6. The molecule has 0 saturated heterocycles. The van der Waals surface area contributed by atoms with Gasteiger partial charge in [-0.25, -0.2) is 0 Å². The predicted octanol–water partition coefficient (Wildman–Crippen LogP) is 2.79. The van der Waals surface area contributed by atoms with E-state index in [1.165, 1.54) is 5.56 Å². The molecule has 0 spiro atoms. The van der Waals surface area contributed by atoms with Crippen molar-refractivity contribution in [1.29, 1.82) is 0 Å². The minimum atomic E-state index is 0.198. The van der Waals surface area contributed by atoms with Crippen molar-refractivity contribution in [3.63, 3.8) is 0 Å². The van der Waals surface area contributed by atoms with Gasteiger partial charge in [0, 0.05) is 6.54 Å². The fourth-order valence-electron chi connectivity index (χ4n) is 1.77. The number of hydrogen-bond acceptors (Lipinski definition) is 3. The first-order valence-corrected chi connectivity index (χ1v) is 6.07. The Morgan fingerprint density at radius 3 is 2.65 bits per heavy atom. The number of anilines is 1. The minimum absolute atomic E-state index is 0.198. The van der Waals surface area contributed by atoms with Gasteiger partial charge in [-0.2, -0.15) is 0 Å². The highest BCUT2D eigenvalue weighted by atomic mass is 16.5. The van der Waals surface area contributed by atoms with E-state index in [0.717, 1.165) is 30.9 Å². The normalized spacial score (nSPS) is 11.4. The van der Waals surface area contributed by atoms with Crippen LogP contribution in [0.5, 0.6) is 5.75 Å². The van der Waals surface area contributed by atoms with Gasteiger partial charge in [0.15, 0.2) is 0 Å². The number of aryl methyl sites for hydroxylation is 1. The van der Waals surface area contributed by atoms with E-state index in [0.29, 0.717) is 0 Å². The highest BCUT2D eigenvalue weighted by Crippen LogP contribution is 2.27. The van der Waals surface area contributed by atoms with E-state index in [2.05, 4.69) is 38.2 Å². The van der Waals surface area contributed by atoms with Crippen molar-refractivity contribution in [3.8, 4) is 5.75 Å². The van der Waals surface area contributed by atoms with Crippen LogP contribution in [0.15, 0.2) is 18.2 Å². The Morgan fingerprint density at radius 2 is 2.06 bits per heavy atom. The standard InChI is InChI=1S/C14H24N2O/c1-11-5-6-13(17-4)12(9-11)16-10-14(2,3)7-8-15/h5-6,9,16H,7-8,10,15H2,1-4H3. The third-order valence-corrected chi connectivity index (χ3v) is 2.93. The number of ether oxygens (including phenoxy) is 1. The van der Waals surface area contributed by atoms with E-state index in [1.54, 1.807) is 7.11 Å². The highest BCUT2D eigenvalue weighted by Gasteiger charge is 2.17. The average molecular weight is 236 g/mol. The van der Waals surface area contributed by atoms with Gasteiger partial charge in [-0.05, 0) is 43.0 Å². The molecule has 3 heteroatoms. The first kappa shape index (κ1) is 13.8. The van der Waals surface area contributed by atoms with Crippen molar-refractivity contribution in [1.82, 2.24) is 0 Å². The number of benzene rings is 1. The van der Waals surface area contributed by atoms with Crippen LogP contribution < -0.4 is 15.8 Å². The second-order valence-corrected chi connectivity index (χ2v) is 5.26. The molecule has 0 aliphatic carbocycles. The zero-order valence-corrected chi connectivity index (χ0v) is 11.3. The molecular weight excluding hydrogens is 212 g/mol. The van der Waals surface area contributed by atoms with Crippen LogP contribution in [0.3, 0.4) is 0 Å². The van der Waals surface area contributed by atoms with Gasteiger partial charge in [0.05, 0.1) is 12.8 Å². The molecule has 0 heterocycles. The Labute approximate surface area is 104 Å². The molecule has 0 amide bonds. The van der Waals surface area contributed by atoms with Crippen LogP contribution in [-0.2, 0) is 0 Å². The number of methoxy groups -OCH3 is 1. The fourth-order valence-corrected chi connectivity index (χ4v) is 1.77. The lowest BCUT2D eigenvalue weighted by Crippen LogP contribution is -2.26. The molecule has 0 bridgehead atoms. The Hall–Kier alpha value is -1.22.